The molecule has 1 aliphatic rings. The Morgan fingerprint density at radius 2 is 2.20 bits per heavy atom. The summed E-state index contributed by atoms with van der Waals surface area (Å²) < 4.78 is 19.4. The summed E-state index contributed by atoms with van der Waals surface area (Å²) in [5, 5.41) is 4.89. The molecule has 1 aromatic carbocycles. The highest BCUT2D eigenvalue weighted by atomic mass is 32.1. The van der Waals surface area contributed by atoms with Crippen molar-refractivity contribution in [3.05, 3.63) is 58.0 Å². The minimum atomic E-state index is -0.287. The van der Waals surface area contributed by atoms with Crippen LogP contribution >= 0.6 is 11.3 Å². The van der Waals surface area contributed by atoms with Crippen molar-refractivity contribution in [2.75, 3.05) is 19.7 Å². The highest BCUT2D eigenvalue weighted by Crippen LogP contribution is 2.11. The number of hydrogen-bond acceptors (Lipinski definition) is 3. The van der Waals surface area contributed by atoms with Gasteiger partial charge in [-0.15, -0.1) is 11.3 Å². The molecule has 2 atom stereocenters. The van der Waals surface area contributed by atoms with Crippen LogP contribution in [0.25, 0.3) is 0 Å². The summed E-state index contributed by atoms with van der Waals surface area (Å²) in [6, 6.07) is 10.6. The van der Waals surface area contributed by atoms with Crippen LogP contribution in [0.4, 0.5) is 4.39 Å². The third-order valence-electron chi connectivity index (χ3n) is 4.39. The van der Waals surface area contributed by atoms with Gasteiger partial charge in [0, 0.05) is 18.7 Å². The Hall–Kier alpha value is -1.76. The van der Waals surface area contributed by atoms with Crippen molar-refractivity contribution in [1.29, 1.82) is 0 Å². The average molecular weight is 363 g/mol. The van der Waals surface area contributed by atoms with Crippen molar-refractivity contribution in [1.82, 2.24) is 5.32 Å². The standard InChI is InChI=1S/C19H23FN2O2S/c20-18-8-2-1-5-15(18)11-21-19(23)14-22(12-16-6-3-9-24-16)13-17-7-4-10-25-17/h1-2,4-5,7-8,10,16H,3,6,9,11-14H2,(H,21,23)/p+1/t16-/m1/s1. The van der Waals surface area contributed by atoms with Gasteiger partial charge in [-0.2, -0.15) is 0 Å². The topological polar surface area (TPSA) is 42.8 Å². The molecule has 1 fully saturated rings. The Balaban J connectivity index is 1.54. The van der Waals surface area contributed by atoms with E-state index in [0.717, 1.165) is 32.5 Å². The molecule has 4 nitrogen and oxygen atoms in total. The van der Waals surface area contributed by atoms with Crippen LogP contribution in [-0.4, -0.2) is 31.7 Å². The number of thiophene rings is 1. The van der Waals surface area contributed by atoms with Gasteiger partial charge in [-0.05, 0) is 30.4 Å². The second-order valence-corrected chi connectivity index (χ2v) is 7.42. The van der Waals surface area contributed by atoms with Gasteiger partial charge in [0.05, 0.1) is 4.88 Å². The summed E-state index contributed by atoms with van der Waals surface area (Å²) in [6.07, 6.45) is 2.38. The van der Waals surface area contributed by atoms with Crippen LogP contribution in [-0.2, 0) is 22.6 Å². The zero-order valence-electron chi connectivity index (χ0n) is 14.2. The number of carbonyl (C=O) groups excluding carboxylic acids is 1. The molecule has 2 N–H and O–H groups in total. The monoisotopic (exact) mass is 363 g/mol. The molecule has 0 radical (unpaired) electrons. The molecule has 0 bridgehead atoms. The second-order valence-electron chi connectivity index (χ2n) is 6.39. The lowest BCUT2D eigenvalue weighted by Gasteiger charge is -2.21. The molecule has 6 heteroatoms. The molecule has 2 heterocycles. The lowest BCUT2D eigenvalue weighted by Crippen LogP contribution is -3.13. The van der Waals surface area contributed by atoms with Gasteiger partial charge in [0.15, 0.2) is 6.54 Å². The molecule has 3 rings (SSSR count). The van der Waals surface area contributed by atoms with E-state index in [2.05, 4.69) is 16.8 Å². The quantitative estimate of drug-likeness (QED) is 0.751. The molecule has 1 aliphatic heterocycles. The van der Waals surface area contributed by atoms with Gasteiger partial charge in [-0.3, -0.25) is 4.79 Å². The first-order valence-electron chi connectivity index (χ1n) is 8.68. The van der Waals surface area contributed by atoms with Crippen LogP contribution in [0.5, 0.6) is 0 Å². The van der Waals surface area contributed by atoms with E-state index in [0.29, 0.717) is 12.1 Å². The summed E-state index contributed by atoms with van der Waals surface area (Å²) >= 11 is 1.71. The number of halogens is 1. The Labute approximate surface area is 151 Å². The molecule has 0 saturated carbocycles. The first-order chi connectivity index (χ1) is 12.2. The number of ether oxygens (including phenoxy) is 1. The molecule has 2 aromatic rings. The van der Waals surface area contributed by atoms with Crippen LogP contribution in [0.15, 0.2) is 41.8 Å². The smallest absolute Gasteiger partial charge is 0.275 e. The summed E-state index contributed by atoms with van der Waals surface area (Å²) in [5.41, 5.74) is 0.509. The molecular formula is C19H24FN2O2S+. The predicted molar refractivity (Wildman–Crippen MR) is 95.9 cm³/mol. The van der Waals surface area contributed by atoms with E-state index >= 15 is 0 Å². The maximum Gasteiger partial charge on any atom is 0.275 e. The number of nitrogens with one attached hydrogen (secondary N) is 2. The first-order valence-corrected chi connectivity index (χ1v) is 9.56. The van der Waals surface area contributed by atoms with Crippen LogP contribution in [0.3, 0.4) is 0 Å². The maximum absolute atomic E-state index is 13.7. The molecule has 0 aliphatic carbocycles. The zero-order valence-corrected chi connectivity index (χ0v) is 15.0. The highest BCUT2D eigenvalue weighted by Gasteiger charge is 2.24. The van der Waals surface area contributed by atoms with Crippen molar-refractivity contribution in [3.8, 4) is 0 Å². The number of amides is 1. The first kappa shape index (κ1) is 18.0. The Kier molecular flexibility index (Phi) is 6.55. The van der Waals surface area contributed by atoms with E-state index in [1.165, 1.54) is 15.8 Å². The molecule has 1 amide bonds. The Morgan fingerprint density at radius 1 is 1.32 bits per heavy atom. The Morgan fingerprint density at radius 3 is 2.92 bits per heavy atom. The molecule has 0 spiro atoms. The minimum absolute atomic E-state index is 0.0622. The van der Waals surface area contributed by atoms with E-state index < -0.39 is 0 Å². The molecule has 1 aromatic heterocycles. The third-order valence-corrected chi connectivity index (χ3v) is 5.27. The zero-order chi connectivity index (χ0) is 17.5. The van der Waals surface area contributed by atoms with Gasteiger partial charge in [-0.25, -0.2) is 4.39 Å². The van der Waals surface area contributed by atoms with E-state index in [1.807, 2.05) is 6.07 Å². The lowest BCUT2D eigenvalue weighted by atomic mass is 10.2. The SMILES string of the molecule is O=C(C[NH+](Cc1cccs1)C[C@H]1CCCO1)NCc1ccccc1F. The van der Waals surface area contributed by atoms with Crippen LogP contribution < -0.4 is 10.2 Å². The van der Waals surface area contributed by atoms with Crippen molar-refractivity contribution >= 4 is 17.2 Å². The molecule has 25 heavy (non-hydrogen) atoms. The van der Waals surface area contributed by atoms with Crippen molar-refractivity contribution in [2.45, 2.75) is 32.0 Å². The molecule has 1 unspecified atom stereocenters. The number of hydrogen-bond donors (Lipinski definition) is 2. The number of quaternary nitrogens is 1. The fourth-order valence-corrected chi connectivity index (χ4v) is 3.90. The number of benzene rings is 1. The fourth-order valence-electron chi connectivity index (χ4n) is 3.12. The van der Waals surface area contributed by atoms with Gasteiger partial charge in [0.1, 0.15) is 25.0 Å². The van der Waals surface area contributed by atoms with Crippen molar-refractivity contribution < 1.29 is 18.8 Å². The summed E-state index contributed by atoms with van der Waals surface area (Å²) in [5.74, 6) is -0.349. The summed E-state index contributed by atoms with van der Waals surface area (Å²) in [7, 11) is 0. The normalized spacial score (nSPS) is 18.2. The minimum Gasteiger partial charge on any atom is -0.372 e. The largest absolute Gasteiger partial charge is 0.372 e. The van der Waals surface area contributed by atoms with Gasteiger partial charge in [-0.1, -0.05) is 24.3 Å². The van der Waals surface area contributed by atoms with Gasteiger partial charge >= 0.3 is 0 Å². The average Bonchev–Trinajstić information content (AvgIpc) is 3.28. The van der Waals surface area contributed by atoms with E-state index in [9.17, 15) is 9.18 Å². The van der Waals surface area contributed by atoms with Gasteiger partial charge in [0.25, 0.3) is 5.91 Å². The van der Waals surface area contributed by atoms with Crippen molar-refractivity contribution in [3.63, 3.8) is 0 Å². The van der Waals surface area contributed by atoms with Crippen LogP contribution in [0, 0.1) is 5.82 Å². The van der Waals surface area contributed by atoms with Gasteiger partial charge in [0.2, 0.25) is 0 Å². The molecule has 1 saturated heterocycles. The van der Waals surface area contributed by atoms with Crippen molar-refractivity contribution in [2.24, 2.45) is 0 Å². The predicted octanol–water partition coefficient (Wildman–Crippen LogP) is 1.77. The molecule has 134 valence electrons. The van der Waals surface area contributed by atoms with E-state index in [4.69, 9.17) is 4.74 Å². The van der Waals surface area contributed by atoms with Gasteiger partial charge < -0.3 is 15.0 Å². The maximum atomic E-state index is 13.7. The molecular weight excluding hydrogens is 339 g/mol. The highest BCUT2D eigenvalue weighted by molar-refractivity contribution is 7.09. The second kappa shape index (κ2) is 9.08. The van der Waals surface area contributed by atoms with E-state index in [-0.39, 0.29) is 24.4 Å². The summed E-state index contributed by atoms with van der Waals surface area (Å²) in [4.78, 5) is 14.8. The number of rotatable bonds is 8. The fraction of sp³-hybridized carbons (Fsp3) is 0.421. The Bertz CT molecular complexity index is 672. The van der Waals surface area contributed by atoms with E-state index in [1.54, 1.807) is 29.5 Å². The van der Waals surface area contributed by atoms with Crippen LogP contribution in [0.2, 0.25) is 0 Å². The third kappa shape index (κ3) is 5.63. The number of carbonyl (C=O) groups is 1. The lowest BCUT2D eigenvalue weighted by molar-refractivity contribution is -0.908. The van der Waals surface area contributed by atoms with Crippen LogP contribution in [0.1, 0.15) is 23.3 Å². The summed E-state index contributed by atoms with van der Waals surface area (Å²) in [6.45, 7) is 3.04.